The van der Waals surface area contributed by atoms with Gasteiger partial charge in [-0.15, -0.1) is 0 Å². The summed E-state index contributed by atoms with van der Waals surface area (Å²) in [5.41, 5.74) is 0.0251. The van der Waals surface area contributed by atoms with E-state index in [9.17, 15) is 9.90 Å². The van der Waals surface area contributed by atoms with E-state index in [1.807, 2.05) is 0 Å². The van der Waals surface area contributed by atoms with Crippen LogP contribution in [0.5, 0.6) is 0 Å². The van der Waals surface area contributed by atoms with Crippen molar-refractivity contribution in [3.63, 3.8) is 0 Å². The Labute approximate surface area is 121 Å². The molecule has 2 N–H and O–H groups in total. The lowest BCUT2D eigenvalue weighted by molar-refractivity contribution is -0.125. The van der Waals surface area contributed by atoms with Crippen LogP contribution in [0.1, 0.15) is 51.4 Å². The van der Waals surface area contributed by atoms with Crippen molar-refractivity contribution in [1.29, 1.82) is 0 Å². The molecule has 0 aromatic heterocycles. The molecule has 1 atom stereocenters. The molecule has 3 fully saturated rings. The lowest BCUT2D eigenvalue weighted by Crippen LogP contribution is -2.39. The highest BCUT2D eigenvalue weighted by molar-refractivity contribution is 5.79. The summed E-state index contributed by atoms with van der Waals surface area (Å²) >= 11 is 0. The topological polar surface area (TPSA) is 52.6 Å². The molecule has 0 aromatic rings. The summed E-state index contributed by atoms with van der Waals surface area (Å²) in [6, 6.07) is 0.730. The van der Waals surface area contributed by atoms with Crippen LogP contribution in [0.25, 0.3) is 0 Å². The van der Waals surface area contributed by atoms with Crippen molar-refractivity contribution >= 4 is 5.91 Å². The van der Waals surface area contributed by atoms with Gasteiger partial charge in [-0.1, -0.05) is 19.3 Å². The number of aliphatic hydroxyl groups excluding tert-OH is 1. The van der Waals surface area contributed by atoms with Crippen LogP contribution in [0.15, 0.2) is 0 Å². The molecule has 1 unspecified atom stereocenters. The largest absolute Gasteiger partial charge is 0.396 e. The maximum absolute atomic E-state index is 12.2. The summed E-state index contributed by atoms with van der Waals surface area (Å²) < 4.78 is 0. The van der Waals surface area contributed by atoms with E-state index in [1.54, 1.807) is 0 Å². The first kappa shape index (κ1) is 14.3. The number of carbonyl (C=O) groups is 1. The molecule has 2 saturated carbocycles. The van der Waals surface area contributed by atoms with Crippen LogP contribution in [-0.4, -0.2) is 48.2 Å². The van der Waals surface area contributed by atoms with Gasteiger partial charge >= 0.3 is 0 Å². The second-order valence-corrected chi connectivity index (χ2v) is 7.15. The van der Waals surface area contributed by atoms with Crippen LogP contribution < -0.4 is 5.32 Å². The SMILES string of the molecule is O=C(NCC1(CO)CC1)C1CCN(C2CCCCC2)C1. The van der Waals surface area contributed by atoms with Gasteiger partial charge in [0, 0.05) is 24.5 Å². The van der Waals surface area contributed by atoms with Crippen LogP contribution in [0.4, 0.5) is 0 Å². The Morgan fingerprint density at radius 1 is 1.20 bits per heavy atom. The number of hydrogen-bond acceptors (Lipinski definition) is 3. The van der Waals surface area contributed by atoms with E-state index < -0.39 is 0 Å². The lowest BCUT2D eigenvalue weighted by atomic mass is 9.94. The van der Waals surface area contributed by atoms with E-state index in [0.717, 1.165) is 38.4 Å². The first-order valence-electron chi connectivity index (χ1n) is 8.35. The highest BCUT2D eigenvalue weighted by atomic mass is 16.3. The molecule has 0 aromatic carbocycles. The van der Waals surface area contributed by atoms with Gasteiger partial charge in [0.15, 0.2) is 0 Å². The summed E-state index contributed by atoms with van der Waals surface area (Å²) in [6.45, 7) is 2.92. The molecule has 1 saturated heterocycles. The van der Waals surface area contributed by atoms with Gasteiger partial charge in [0.25, 0.3) is 0 Å². The standard InChI is InChI=1S/C16H28N2O2/c19-12-16(7-8-16)11-17-15(20)13-6-9-18(10-13)14-4-2-1-3-5-14/h13-14,19H,1-12H2,(H,17,20). The van der Waals surface area contributed by atoms with E-state index in [4.69, 9.17) is 0 Å². The number of rotatable bonds is 5. The molecule has 3 aliphatic rings. The van der Waals surface area contributed by atoms with Gasteiger partial charge in [-0.3, -0.25) is 9.69 Å². The third-order valence-electron chi connectivity index (χ3n) is 5.61. The molecule has 0 bridgehead atoms. The predicted octanol–water partition coefficient (Wildman–Crippen LogP) is 1.53. The van der Waals surface area contributed by atoms with Crippen molar-refractivity contribution in [2.45, 2.75) is 57.4 Å². The molecule has 0 radical (unpaired) electrons. The second-order valence-electron chi connectivity index (χ2n) is 7.15. The van der Waals surface area contributed by atoms with E-state index in [0.29, 0.717) is 6.54 Å². The van der Waals surface area contributed by atoms with Crippen LogP contribution >= 0.6 is 0 Å². The molecular weight excluding hydrogens is 252 g/mol. The summed E-state index contributed by atoms with van der Waals surface area (Å²) in [5, 5.41) is 12.4. The zero-order chi connectivity index (χ0) is 14.0. The molecule has 114 valence electrons. The Morgan fingerprint density at radius 3 is 2.60 bits per heavy atom. The minimum absolute atomic E-state index is 0.0251. The number of nitrogens with zero attached hydrogens (tertiary/aromatic N) is 1. The Balaban J connectivity index is 1.43. The van der Waals surface area contributed by atoms with E-state index >= 15 is 0 Å². The first-order valence-corrected chi connectivity index (χ1v) is 8.35. The number of likely N-dealkylation sites (tertiary alicyclic amines) is 1. The van der Waals surface area contributed by atoms with Crippen molar-refractivity contribution in [3.05, 3.63) is 0 Å². The van der Waals surface area contributed by atoms with Gasteiger partial charge in [-0.25, -0.2) is 0 Å². The van der Waals surface area contributed by atoms with Crippen LogP contribution in [0.2, 0.25) is 0 Å². The normalized spacial score (nSPS) is 30.4. The minimum Gasteiger partial charge on any atom is -0.396 e. The third-order valence-corrected chi connectivity index (χ3v) is 5.61. The van der Waals surface area contributed by atoms with E-state index in [2.05, 4.69) is 10.2 Å². The Hall–Kier alpha value is -0.610. The van der Waals surface area contributed by atoms with Gasteiger partial charge in [-0.05, 0) is 38.6 Å². The zero-order valence-electron chi connectivity index (χ0n) is 12.4. The fourth-order valence-corrected chi connectivity index (χ4v) is 3.77. The maximum atomic E-state index is 12.2. The Kier molecular flexibility index (Phi) is 4.32. The van der Waals surface area contributed by atoms with Crippen molar-refractivity contribution < 1.29 is 9.90 Å². The number of nitrogens with one attached hydrogen (secondary N) is 1. The number of amides is 1. The molecule has 4 heteroatoms. The average Bonchev–Trinajstić information content (AvgIpc) is 3.12. The molecule has 1 amide bonds. The first-order chi connectivity index (χ1) is 9.72. The van der Waals surface area contributed by atoms with Gasteiger partial charge in [0.2, 0.25) is 5.91 Å². The van der Waals surface area contributed by atoms with Crippen molar-refractivity contribution in [3.8, 4) is 0 Å². The summed E-state index contributed by atoms with van der Waals surface area (Å²) in [7, 11) is 0. The Bertz CT molecular complexity index is 348. The summed E-state index contributed by atoms with van der Waals surface area (Å²) in [6.07, 6.45) is 9.87. The lowest BCUT2D eigenvalue weighted by Gasteiger charge is -2.31. The monoisotopic (exact) mass is 280 g/mol. The quantitative estimate of drug-likeness (QED) is 0.803. The van der Waals surface area contributed by atoms with Crippen LogP contribution in [0, 0.1) is 11.3 Å². The van der Waals surface area contributed by atoms with Gasteiger partial charge in [0.1, 0.15) is 0 Å². The fraction of sp³-hybridized carbons (Fsp3) is 0.938. The average molecular weight is 280 g/mol. The van der Waals surface area contributed by atoms with Gasteiger partial charge in [-0.2, -0.15) is 0 Å². The molecule has 20 heavy (non-hydrogen) atoms. The second kappa shape index (κ2) is 6.02. The molecule has 2 aliphatic carbocycles. The highest BCUT2D eigenvalue weighted by Crippen LogP contribution is 2.44. The summed E-state index contributed by atoms with van der Waals surface area (Å²) in [5.74, 6) is 0.384. The Morgan fingerprint density at radius 2 is 1.95 bits per heavy atom. The third kappa shape index (κ3) is 3.17. The highest BCUT2D eigenvalue weighted by Gasteiger charge is 2.42. The van der Waals surface area contributed by atoms with Crippen LogP contribution in [-0.2, 0) is 4.79 Å². The predicted molar refractivity (Wildman–Crippen MR) is 78.3 cm³/mol. The van der Waals surface area contributed by atoms with Gasteiger partial charge in [0.05, 0.1) is 12.5 Å². The molecule has 1 aliphatic heterocycles. The van der Waals surface area contributed by atoms with E-state index in [-0.39, 0.29) is 23.8 Å². The van der Waals surface area contributed by atoms with Crippen molar-refractivity contribution in [1.82, 2.24) is 10.2 Å². The van der Waals surface area contributed by atoms with Crippen LogP contribution in [0.3, 0.4) is 0 Å². The molecule has 0 spiro atoms. The maximum Gasteiger partial charge on any atom is 0.224 e. The summed E-state index contributed by atoms with van der Waals surface area (Å²) in [4.78, 5) is 14.8. The fourth-order valence-electron chi connectivity index (χ4n) is 3.77. The van der Waals surface area contributed by atoms with Crippen molar-refractivity contribution in [2.24, 2.45) is 11.3 Å². The molecular formula is C16H28N2O2. The zero-order valence-corrected chi connectivity index (χ0v) is 12.4. The van der Waals surface area contributed by atoms with Gasteiger partial charge < -0.3 is 10.4 Å². The number of hydrogen-bond donors (Lipinski definition) is 2. The number of carbonyl (C=O) groups excluding carboxylic acids is 1. The smallest absolute Gasteiger partial charge is 0.224 e. The molecule has 1 heterocycles. The number of aliphatic hydroxyl groups is 1. The molecule has 4 nitrogen and oxygen atoms in total. The van der Waals surface area contributed by atoms with E-state index in [1.165, 1.54) is 32.1 Å². The van der Waals surface area contributed by atoms with Crippen molar-refractivity contribution in [2.75, 3.05) is 26.2 Å². The minimum atomic E-state index is 0.0251. The molecule has 3 rings (SSSR count).